The van der Waals surface area contributed by atoms with Crippen molar-refractivity contribution >= 4 is 55.4 Å². The third-order valence-electron chi connectivity index (χ3n) is 4.13. The molecular weight excluding hydrogens is 328 g/mol. The van der Waals surface area contributed by atoms with Gasteiger partial charge in [0.05, 0.1) is 5.41 Å². The number of hydrogen-bond donors (Lipinski definition) is 4. The standard InChI is InChI=1S/C14H22O4S3/c15-11-6-9(21)4-2-1-3-5-14(11,8-20)12(16)10(7-19)13(17)18/h9-10,19-21H,1-8H2,(H,17,18). The van der Waals surface area contributed by atoms with Crippen molar-refractivity contribution in [1.82, 2.24) is 0 Å². The molecule has 3 atom stereocenters. The Morgan fingerprint density at radius 1 is 1.29 bits per heavy atom. The largest absolute Gasteiger partial charge is 0.481 e. The van der Waals surface area contributed by atoms with Gasteiger partial charge in [-0.2, -0.15) is 37.9 Å². The third-order valence-corrected chi connectivity index (χ3v) is 5.48. The third kappa shape index (κ3) is 4.42. The Hall–Kier alpha value is -0.140. The van der Waals surface area contributed by atoms with Crippen molar-refractivity contribution in [2.45, 2.75) is 43.8 Å². The summed E-state index contributed by atoms with van der Waals surface area (Å²) in [6.07, 6.45) is 3.98. The van der Waals surface area contributed by atoms with Gasteiger partial charge in [0.15, 0.2) is 5.78 Å². The molecule has 120 valence electrons. The second kappa shape index (κ2) is 8.48. The molecule has 0 saturated heterocycles. The van der Waals surface area contributed by atoms with E-state index in [0.717, 1.165) is 25.7 Å². The lowest BCUT2D eigenvalue weighted by Gasteiger charge is -2.31. The van der Waals surface area contributed by atoms with E-state index in [-0.39, 0.29) is 29.0 Å². The van der Waals surface area contributed by atoms with Crippen molar-refractivity contribution in [3.05, 3.63) is 0 Å². The monoisotopic (exact) mass is 350 g/mol. The number of carboxylic acid groups (broad SMARTS) is 1. The number of carboxylic acids is 1. The Balaban J connectivity index is 3.14. The van der Waals surface area contributed by atoms with Crippen molar-refractivity contribution in [3.8, 4) is 0 Å². The zero-order valence-electron chi connectivity index (χ0n) is 11.8. The van der Waals surface area contributed by atoms with E-state index >= 15 is 0 Å². The van der Waals surface area contributed by atoms with E-state index in [0.29, 0.717) is 6.42 Å². The van der Waals surface area contributed by atoms with Crippen LogP contribution in [0.2, 0.25) is 0 Å². The lowest BCUT2D eigenvalue weighted by Crippen LogP contribution is -2.47. The van der Waals surface area contributed by atoms with Crippen LogP contribution in [0.15, 0.2) is 0 Å². The highest BCUT2D eigenvalue weighted by molar-refractivity contribution is 7.81. The van der Waals surface area contributed by atoms with Crippen molar-refractivity contribution in [2.24, 2.45) is 11.3 Å². The summed E-state index contributed by atoms with van der Waals surface area (Å²) in [5.41, 5.74) is -1.31. The maximum atomic E-state index is 12.7. The molecule has 0 bridgehead atoms. The molecule has 1 fully saturated rings. The summed E-state index contributed by atoms with van der Waals surface area (Å²) in [7, 11) is 0. The van der Waals surface area contributed by atoms with Crippen LogP contribution in [0.3, 0.4) is 0 Å². The first-order chi connectivity index (χ1) is 9.89. The van der Waals surface area contributed by atoms with Gasteiger partial charge in [-0.25, -0.2) is 0 Å². The first-order valence-electron chi connectivity index (χ1n) is 7.09. The first-order valence-corrected chi connectivity index (χ1v) is 8.87. The molecule has 21 heavy (non-hydrogen) atoms. The van der Waals surface area contributed by atoms with E-state index in [1.54, 1.807) is 0 Å². The van der Waals surface area contributed by atoms with Crippen molar-refractivity contribution in [3.63, 3.8) is 0 Å². The molecule has 0 amide bonds. The van der Waals surface area contributed by atoms with Crippen LogP contribution >= 0.6 is 37.9 Å². The molecule has 1 saturated carbocycles. The van der Waals surface area contributed by atoms with Crippen LogP contribution in [-0.2, 0) is 14.4 Å². The summed E-state index contributed by atoms with van der Waals surface area (Å²) >= 11 is 12.6. The van der Waals surface area contributed by atoms with Gasteiger partial charge in [-0.1, -0.05) is 19.3 Å². The van der Waals surface area contributed by atoms with E-state index in [2.05, 4.69) is 37.9 Å². The molecule has 0 radical (unpaired) electrons. The summed E-state index contributed by atoms with van der Waals surface area (Å²) in [4.78, 5) is 36.6. The lowest BCUT2D eigenvalue weighted by molar-refractivity contribution is -0.150. The molecule has 3 unspecified atom stereocenters. The highest BCUT2D eigenvalue weighted by atomic mass is 32.1. The molecule has 1 N–H and O–H groups in total. The van der Waals surface area contributed by atoms with Crippen LogP contribution in [0, 0.1) is 11.3 Å². The molecular formula is C14H22O4S3. The first kappa shape index (κ1) is 18.9. The van der Waals surface area contributed by atoms with E-state index in [1.165, 1.54) is 0 Å². The van der Waals surface area contributed by atoms with Crippen molar-refractivity contribution in [2.75, 3.05) is 11.5 Å². The number of thiol groups is 3. The molecule has 0 heterocycles. The average Bonchev–Trinajstić information content (AvgIpc) is 2.49. The molecule has 0 aromatic heterocycles. The number of hydrogen-bond acceptors (Lipinski definition) is 6. The van der Waals surface area contributed by atoms with Gasteiger partial charge in [-0.05, 0) is 12.8 Å². The summed E-state index contributed by atoms with van der Waals surface area (Å²) in [6.45, 7) is 0. The van der Waals surface area contributed by atoms with Crippen LogP contribution in [0.5, 0.6) is 0 Å². The van der Waals surface area contributed by atoms with Gasteiger partial charge >= 0.3 is 5.97 Å². The minimum atomic E-state index is -1.31. The highest BCUT2D eigenvalue weighted by Gasteiger charge is 2.48. The van der Waals surface area contributed by atoms with Crippen LogP contribution in [0.25, 0.3) is 0 Å². The molecule has 0 aliphatic heterocycles. The zero-order chi connectivity index (χ0) is 16.0. The molecule has 4 nitrogen and oxygen atoms in total. The number of Topliss-reactive ketones (excluding diaryl/α,β-unsaturated/α-hetero) is 2. The highest BCUT2D eigenvalue weighted by Crippen LogP contribution is 2.36. The maximum Gasteiger partial charge on any atom is 0.314 e. The summed E-state index contributed by atoms with van der Waals surface area (Å²) in [6, 6.07) is 0. The number of aliphatic carboxylic acids is 1. The van der Waals surface area contributed by atoms with Crippen molar-refractivity contribution in [1.29, 1.82) is 0 Å². The Bertz CT molecular complexity index is 413. The van der Waals surface area contributed by atoms with E-state index in [4.69, 9.17) is 0 Å². The minimum absolute atomic E-state index is 0.0444. The molecule has 0 spiro atoms. The number of carbonyl (C=O) groups excluding carboxylic acids is 2. The molecule has 0 aromatic rings. The topological polar surface area (TPSA) is 71.4 Å². The normalized spacial score (nSPS) is 29.1. The zero-order valence-corrected chi connectivity index (χ0v) is 14.5. The molecule has 1 aliphatic carbocycles. The summed E-state index contributed by atoms with van der Waals surface area (Å²) in [5, 5.41) is 9.10. The van der Waals surface area contributed by atoms with Gasteiger partial charge in [0.1, 0.15) is 11.7 Å². The van der Waals surface area contributed by atoms with E-state index < -0.39 is 23.1 Å². The Morgan fingerprint density at radius 2 is 1.95 bits per heavy atom. The minimum Gasteiger partial charge on any atom is -0.481 e. The fourth-order valence-electron chi connectivity index (χ4n) is 2.75. The van der Waals surface area contributed by atoms with Gasteiger partial charge in [0, 0.05) is 23.2 Å². The predicted molar refractivity (Wildman–Crippen MR) is 91.8 cm³/mol. The van der Waals surface area contributed by atoms with Gasteiger partial charge in [-0.15, -0.1) is 0 Å². The Kier molecular flexibility index (Phi) is 7.64. The second-order valence-corrected chi connectivity index (χ2v) is 6.97. The second-order valence-electron chi connectivity index (χ2n) is 5.56. The van der Waals surface area contributed by atoms with Crippen LogP contribution in [0.4, 0.5) is 0 Å². The lowest BCUT2D eigenvalue weighted by atomic mass is 9.72. The summed E-state index contributed by atoms with van der Waals surface area (Å²) in [5.74, 6) is -3.33. The van der Waals surface area contributed by atoms with Gasteiger partial charge in [0.2, 0.25) is 0 Å². The SMILES string of the molecule is O=C(O)C(CS)C(=O)C1(CS)CCCCCC(S)CC1=O. The Morgan fingerprint density at radius 3 is 2.48 bits per heavy atom. The van der Waals surface area contributed by atoms with Crippen LogP contribution in [-0.4, -0.2) is 39.4 Å². The quantitative estimate of drug-likeness (QED) is 0.454. The number of rotatable bonds is 5. The van der Waals surface area contributed by atoms with Gasteiger partial charge < -0.3 is 5.11 Å². The van der Waals surface area contributed by atoms with Crippen molar-refractivity contribution < 1.29 is 19.5 Å². The molecule has 1 aliphatic rings. The Labute approximate surface area is 141 Å². The molecule has 1 rings (SSSR count). The van der Waals surface area contributed by atoms with Crippen LogP contribution < -0.4 is 0 Å². The van der Waals surface area contributed by atoms with Gasteiger partial charge in [-0.3, -0.25) is 14.4 Å². The van der Waals surface area contributed by atoms with Gasteiger partial charge in [0.25, 0.3) is 0 Å². The predicted octanol–water partition coefficient (Wildman–Crippen LogP) is 2.32. The fourth-order valence-corrected chi connectivity index (χ4v) is 3.91. The maximum absolute atomic E-state index is 12.7. The smallest absolute Gasteiger partial charge is 0.314 e. The van der Waals surface area contributed by atoms with E-state index in [1.807, 2.05) is 0 Å². The summed E-state index contributed by atoms with van der Waals surface area (Å²) < 4.78 is 0. The van der Waals surface area contributed by atoms with E-state index in [9.17, 15) is 19.5 Å². The molecule has 0 aromatic carbocycles. The molecule has 7 heteroatoms. The fraction of sp³-hybridized carbons (Fsp3) is 0.786. The number of carbonyl (C=O) groups is 3. The number of ketones is 2. The average molecular weight is 351 g/mol. The van der Waals surface area contributed by atoms with Crippen LogP contribution in [0.1, 0.15) is 38.5 Å².